The van der Waals surface area contributed by atoms with Crippen LogP contribution in [0.15, 0.2) is 78.9 Å². The van der Waals surface area contributed by atoms with Crippen molar-refractivity contribution in [2.75, 3.05) is 18.1 Å². The summed E-state index contributed by atoms with van der Waals surface area (Å²) in [6.07, 6.45) is 0. The number of aryl methyl sites for hydroxylation is 1. The van der Waals surface area contributed by atoms with Crippen molar-refractivity contribution in [2.45, 2.75) is 12.5 Å². The average Bonchev–Trinajstić information content (AvgIpc) is 3.22. The molecule has 0 spiro atoms. The Kier molecular flexibility index (Phi) is 4.33. The monoisotopic (exact) mass is 398 g/mol. The standard InChI is InChI=1S/C25H22N2O3/c1-17-23(19-11-5-7-13-21(19)26-17)25(29)20-12-6-8-14-22(20)27(24(25)28)15-16-30-18-9-3-2-4-10-18/h2-14,26,29H,15-16H2,1H3. The van der Waals surface area contributed by atoms with Crippen molar-refractivity contribution in [1.29, 1.82) is 0 Å². The second-order valence-electron chi connectivity index (χ2n) is 7.52. The molecular weight excluding hydrogens is 376 g/mol. The number of ether oxygens (including phenoxy) is 1. The second kappa shape index (κ2) is 7.04. The minimum absolute atomic E-state index is 0.326. The maximum absolute atomic E-state index is 13.6. The maximum Gasteiger partial charge on any atom is 0.268 e. The molecule has 5 nitrogen and oxygen atoms in total. The zero-order chi connectivity index (χ0) is 20.7. The number of nitrogens with zero attached hydrogens (tertiary/aromatic N) is 1. The Morgan fingerprint density at radius 3 is 2.50 bits per heavy atom. The van der Waals surface area contributed by atoms with Crippen LogP contribution in [0.1, 0.15) is 16.8 Å². The third kappa shape index (κ3) is 2.70. The van der Waals surface area contributed by atoms with E-state index in [4.69, 9.17) is 4.74 Å². The molecule has 1 aromatic heterocycles. The first-order valence-electron chi connectivity index (χ1n) is 10.00. The highest BCUT2D eigenvalue weighted by molar-refractivity contribution is 6.11. The summed E-state index contributed by atoms with van der Waals surface area (Å²) in [5.41, 5.74) is 1.86. The predicted molar refractivity (Wildman–Crippen MR) is 117 cm³/mol. The number of nitrogens with one attached hydrogen (secondary N) is 1. The molecule has 150 valence electrons. The lowest BCUT2D eigenvalue weighted by atomic mass is 9.85. The molecule has 0 radical (unpaired) electrons. The largest absolute Gasteiger partial charge is 0.492 e. The van der Waals surface area contributed by atoms with Crippen molar-refractivity contribution < 1.29 is 14.6 Å². The third-order valence-corrected chi connectivity index (χ3v) is 5.72. The van der Waals surface area contributed by atoms with Crippen LogP contribution in [0.25, 0.3) is 10.9 Å². The van der Waals surface area contributed by atoms with Crippen molar-refractivity contribution in [3.05, 3.63) is 95.7 Å². The van der Waals surface area contributed by atoms with Crippen LogP contribution < -0.4 is 9.64 Å². The highest BCUT2D eigenvalue weighted by atomic mass is 16.5. The molecule has 1 aliphatic rings. The van der Waals surface area contributed by atoms with E-state index in [0.29, 0.717) is 30.0 Å². The van der Waals surface area contributed by atoms with Gasteiger partial charge in [0.2, 0.25) is 0 Å². The molecule has 1 unspecified atom stereocenters. The Morgan fingerprint density at radius 1 is 0.967 bits per heavy atom. The summed E-state index contributed by atoms with van der Waals surface area (Å²) in [5.74, 6) is 0.397. The van der Waals surface area contributed by atoms with E-state index in [1.165, 1.54) is 0 Å². The minimum Gasteiger partial charge on any atom is -0.492 e. The van der Waals surface area contributed by atoms with Crippen LogP contribution in [0.4, 0.5) is 5.69 Å². The maximum atomic E-state index is 13.6. The summed E-state index contributed by atoms with van der Waals surface area (Å²) < 4.78 is 5.80. The fourth-order valence-electron chi connectivity index (χ4n) is 4.41. The topological polar surface area (TPSA) is 65.6 Å². The van der Waals surface area contributed by atoms with Crippen LogP contribution in [-0.4, -0.2) is 29.1 Å². The Labute approximate surface area is 174 Å². The van der Waals surface area contributed by atoms with Crippen molar-refractivity contribution >= 4 is 22.5 Å². The van der Waals surface area contributed by atoms with E-state index in [1.807, 2.05) is 85.8 Å². The summed E-state index contributed by atoms with van der Waals surface area (Å²) in [7, 11) is 0. The predicted octanol–water partition coefficient (Wildman–Crippen LogP) is 4.14. The normalized spacial score (nSPS) is 18.1. The van der Waals surface area contributed by atoms with Gasteiger partial charge in [0.15, 0.2) is 5.60 Å². The van der Waals surface area contributed by atoms with Crippen LogP contribution in [0, 0.1) is 6.92 Å². The van der Waals surface area contributed by atoms with E-state index in [1.54, 1.807) is 4.90 Å². The van der Waals surface area contributed by atoms with Crippen molar-refractivity contribution in [3.8, 4) is 5.75 Å². The Bertz CT molecular complexity index is 1230. The van der Waals surface area contributed by atoms with Gasteiger partial charge in [0, 0.05) is 27.7 Å². The van der Waals surface area contributed by atoms with Crippen LogP contribution >= 0.6 is 0 Å². The van der Waals surface area contributed by atoms with Crippen LogP contribution in [0.3, 0.4) is 0 Å². The molecule has 1 amide bonds. The molecule has 0 bridgehead atoms. The number of carbonyl (C=O) groups is 1. The molecule has 5 rings (SSSR count). The molecule has 5 heteroatoms. The highest BCUT2D eigenvalue weighted by Crippen LogP contribution is 2.47. The summed E-state index contributed by atoms with van der Waals surface area (Å²) in [5, 5.41) is 12.7. The van der Waals surface area contributed by atoms with E-state index in [9.17, 15) is 9.90 Å². The number of benzene rings is 3. The molecule has 2 heterocycles. The van der Waals surface area contributed by atoms with E-state index in [0.717, 1.165) is 22.3 Å². The number of amides is 1. The van der Waals surface area contributed by atoms with Gasteiger partial charge in [-0.3, -0.25) is 4.79 Å². The number of anilines is 1. The lowest BCUT2D eigenvalue weighted by Crippen LogP contribution is -2.43. The number of hydrogen-bond donors (Lipinski definition) is 2. The SMILES string of the molecule is Cc1[nH]c2ccccc2c1C1(O)C(=O)N(CCOc2ccccc2)c2ccccc21. The molecule has 30 heavy (non-hydrogen) atoms. The zero-order valence-electron chi connectivity index (χ0n) is 16.6. The minimum atomic E-state index is -1.74. The van der Waals surface area contributed by atoms with E-state index in [-0.39, 0.29) is 5.91 Å². The Morgan fingerprint density at radius 2 is 1.67 bits per heavy atom. The third-order valence-electron chi connectivity index (χ3n) is 5.72. The molecule has 1 atom stereocenters. The van der Waals surface area contributed by atoms with Gasteiger partial charge < -0.3 is 19.7 Å². The molecule has 4 aromatic rings. The highest BCUT2D eigenvalue weighted by Gasteiger charge is 2.52. The molecule has 2 N–H and O–H groups in total. The van der Waals surface area contributed by atoms with Gasteiger partial charge in [-0.05, 0) is 31.2 Å². The summed E-state index contributed by atoms with van der Waals surface area (Å²) in [4.78, 5) is 18.6. The van der Waals surface area contributed by atoms with Gasteiger partial charge in [-0.25, -0.2) is 0 Å². The zero-order valence-corrected chi connectivity index (χ0v) is 16.6. The number of H-pyrrole nitrogens is 1. The van der Waals surface area contributed by atoms with E-state index < -0.39 is 5.60 Å². The van der Waals surface area contributed by atoms with Gasteiger partial charge in [-0.15, -0.1) is 0 Å². The Hall–Kier alpha value is -3.57. The molecule has 3 aromatic carbocycles. The number of aliphatic hydroxyl groups is 1. The van der Waals surface area contributed by atoms with Gasteiger partial charge in [-0.1, -0.05) is 54.6 Å². The lowest BCUT2D eigenvalue weighted by molar-refractivity contribution is -0.132. The number of carbonyl (C=O) groups excluding carboxylic acids is 1. The van der Waals surface area contributed by atoms with Crippen LogP contribution in [0.2, 0.25) is 0 Å². The van der Waals surface area contributed by atoms with Crippen molar-refractivity contribution in [3.63, 3.8) is 0 Å². The molecule has 0 saturated heterocycles. The van der Waals surface area contributed by atoms with Crippen molar-refractivity contribution in [2.24, 2.45) is 0 Å². The molecule has 1 aliphatic heterocycles. The fraction of sp³-hybridized carbons (Fsp3) is 0.160. The first-order chi connectivity index (χ1) is 14.6. The first kappa shape index (κ1) is 18.5. The molecule has 0 aliphatic carbocycles. The van der Waals surface area contributed by atoms with Gasteiger partial charge in [-0.2, -0.15) is 0 Å². The van der Waals surface area contributed by atoms with Gasteiger partial charge in [0.05, 0.1) is 12.2 Å². The number of para-hydroxylation sites is 3. The Balaban J connectivity index is 1.54. The number of rotatable bonds is 5. The van der Waals surface area contributed by atoms with Crippen LogP contribution in [-0.2, 0) is 10.4 Å². The van der Waals surface area contributed by atoms with Gasteiger partial charge >= 0.3 is 0 Å². The number of aromatic amines is 1. The quantitative estimate of drug-likeness (QED) is 0.531. The average molecular weight is 398 g/mol. The number of aromatic nitrogens is 1. The molecule has 0 saturated carbocycles. The van der Waals surface area contributed by atoms with E-state index in [2.05, 4.69) is 4.98 Å². The number of fused-ring (bicyclic) bond motifs is 2. The van der Waals surface area contributed by atoms with Gasteiger partial charge in [0.1, 0.15) is 12.4 Å². The molecular formula is C25H22N2O3. The summed E-state index contributed by atoms with van der Waals surface area (Å²) in [6, 6.07) is 24.7. The second-order valence-corrected chi connectivity index (χ2v) is 7.52. The van der Waals surface area contributed by atoms with Crippen LogP contribution in [0.5, 0.6) is 5.75 Å². The first-order valence-corrected chi connectivity index (χ1v) is 10.00. The summed E-state index contributed by atoms with van der Waals surface area (Å²) >= 11 is 0. The van der Waals surface area contributed by atoms with E-state index >= 15 is 0 Å². The molecule has 0 fully saturated rings. The fourth-order valence-corrected chi connectivity index (χ4v) is 4.41. The number of hydrogen-bond acceptors (Lipinski definition) is 3. The lowest BCUT2D eigenvalue weighted by Gasteiger charge is -2.24. The smallest absolute Gasteiger partial charge is 0.268 e. The van der Waals surface area contributed by atoms with Gasteiger partial charge in [0.25, 0.3) is 5.91 Å². The van der Waals surface area contributed by atoms with Crippen molar-refractivity contribution in [1.82, 2.24) is 4.98 Å². The summed E-state index contributed by atoms with van der Waals surface area (Å²) in [6.45, 7) is 2.56.